The first-order valence-electron chi connectivity index (χ1n) is 9.68. The molecule has 2 saturated heterocycles. The van der Waals surface area contributed by atoms with Crippen molar-refractivity contribution >= 4 is 17.5 Å². The third kappa shape index (κ3) is 3.31. The summed E-state index contributed by atoms with van der Waals surface area (Å²) in [4.78, 5) is 28.0. The average molecular weight is 343 g/mol. The summed E-state index contributed by atoms with van der Waals surface area (Å²) in [5, 5.41) is 0. The van der Waals surface area contributed by atoms with Crippen molar-refractivity contribution in [2.24, 2.45) is 5.41 Å². The molecule has 1 aromatic rings. The fourth-order valence-corrected chi connectivity index (χ4v) is 4.38. The number of rotatable bonds is 4. The van der Waals surface area contributed by atoms with Crippen molar-refractivity contribution in [3.05, 3.63) is 12.4 Å². The van der Waals surface area contributed by atoms with Gasteiger partial charge in [-0.3, -0.25) is 4.79 Å². The zero-order chi connectivity index (χ0) is 17.4. The Morgan fingerprint density at radius 3 is 2.88 bits per heavy atom. The second kappa shape index (κ2) is 6.46. The van der Waals surface area contributed by atoms with E-state index in [-0.39, 0.29) is 5.41 Å². The summed E-state index contributed by atoms with van der Waals surface area (Å²) >= 11 is 0. The van der Waals surface area contributed by atoms with E-state index in [0.29, 0.717) is 11.9 Å². The molecule has 2 aliphatic heterocycles. The van der Waals surface area contributed by atoms with Gasteiger partial charge in [-0.15, -0.1) is 0 Å². The molecule has 3 aliphatic rings. The maximum atomic E-state index is 12.3. The van der Waals surface area contributed by atoms with Crippen LogP contribution in [0.3, 0.4) is 0 Å². The van der Waals surface area contributed by atoms with Gasteiger partial charge >= 0.3 is 0 Å². The van der Waals surface area contributed by atoms with Crippen LogP contribution < -0.4 is 9.80 Å². The minimum atomic E-state index is 0.247. The Bertz CT molecular complexity index is 646. The molecule has 1 aliphatic carbocycles. The Labute approximate surface area is 150 Å². The number of hydrogen-bond acceptors (Lipinski definition) is 5. The quantitative estimate of drug-likeness (QED) is 0.840. The van der Waals surface area contributed by atoms with Crippen molar-refractivity contribution in [3.63, 3.8) is 0 Å². The molecule has 136 valence electrons. The Morgan fingerprint density at radius 2 is 2.12 bits per heavy atom. The zero-order valence-corrected chi connectivity index (χ0v) is 15.4. The summed E-state index contributed by atoms with van der Waals surface area (Å²) in [7, 11) is 2.06. The summed E-state index contributed by atoms with van der Waals surface area (Å²) in [5.74, 6) is 2.38. The third-order valence-electron chi connectivity index (χ3n) is 6.17. The van der Waals surface area contributed by atoms with Crippen molar-refractivity contribution in [1.29, 1.82) is 0 Å². The second-order valence-electron chi connectivity index (χ2n) is 8.03. The van der Waals surface area contributed by atoms with E-state index >= 15 is 0 Å². The van der Waals surface area contributed by atoms with Gasteiger partial charge in [-0.05, 0) is 39.0 Å². The zero-order valence-electron chi connectivity index (χ0n) is 15.4. The van der Waals surface area contributed by atoms with Gasteiger partial charge in [0.05, 0.1) is 0 Å². The SMILES string of the molecule is CCN(C)c1cc(N2CCCC3(CCC(=O)N(C4CC4)C3)C2)ncn1. The highest BCUT2D eigenvalue weighted by Gasteiger charge is 2.45. The Balaban J connectivity index is 1.52. The topological polar surface area (TPSA) is 52.6 Å². The van der Waals surface area contributed by atoms with Crippen LogP contribution in [-0.2, 0) is 4.79 Å². The van der Waals surface area contributed by atoms with Gasteiger partial charge < -0.3 is 14.7 Å². The first-order valence-corrected chi connectivity index (χ1v) is 9.68. The fraction of sp³-hybridized carbons (Fsp3) is 0.737. The lowest BCUT2D eigenvalue weighted by atomic mass is 9.73. The van der Waals surface area contributed by atoms with Crippen LogP contribution >= 0.6 is 0 Å². The molecule has 4 rings (SSSR count). The lowest BCUT2D eigenvalue weighted by molar-refractivity contribution is -0.138. The Hall–Kier alpha value is -1.85. The molecular weight excluding hydrogens is 314 g/mol. The molecule has 1 atom stereocenters. The normalized spacial score (nSPS) is 27.0. The first kappa shape index (κ1) is 16.6. The van der Waals surface area contributed by atoms with E-state index in [9.17, 15) is 4.79 Å². The Kier molecular flexibility index (Phi) is 4.29. The van der Waals surface area contributed by atoms with Crippen molar-refractivity contribution < 1.29 is 4.79 Å². The van der Waals surface area contributed by atoms with Crippen LogP contribution in [0.4, 0.5) is 11.6 Å². The minimum Gasteiger partial charge on any atom is -0.360 e. The summed E-state index contributed by atoms with van der Waals surface area (Å²) in [5.41, 5.74) is 0.247. The van der Waals surface area contributed by atoms with Crippen molar-refractivity contribution in [2.45, 2.75) is 51.5 Å². The van der Waals surface area contributed by atoms with E-state index in [0.717, 1.165) is 50.7 Å². The molecule has 1 saturated carbocycles. The highest BCUT2D eigenvalue weighted by atomic mass is 16.2. The van der Waals surface area contributed by atoms with Crippen molar-refractivity contribution in [1.82, 2.24) is 14.9 Å². The van der Waals surface area contributed by atoms with Gasteiger partial charge in [0.2, 0.25) is 5.91 Å². The predicted octanol–water partition coefficient (Wildman–Crippen LogP) is 2.30. The van der Waals surface area contributed by atoms with E-state index in [1.807, 2.05) is 0 Å². The van der Waals surface area contributed by atoms with Gasteiger partial charge in [0.15, 0.2) is 0 Å². The molecular formula is C19H29N5O. The van der Waals surface area contributed by atoms with Crippen LogP contribution in [0, 0.1) is 5.41 Å². The number of likely N-dealkylation sites (tertiary alicyclic amines) is 1. The lowest BCUT2D eigenvalue weighted by Gasteiger charge is -2.48. The molecule has 6 nitrogen and oxygen atoms in total. The fourth-order valence-electron chi connectivity index (χ4n) is 4.38. The van der Waals surface area contributed by atoms with Crippen LogP contribution in [0.5, 0.6) is 0 Å². The predicted molar refractivity (Wildman–Crippen MR) is 98.8 cm³/mol. The van der Waals surface area contributed by atoms with E-state index < -0.39 is 0 Å². The molecule has 0 N–H and O–H groups in total. The van der Waals surface area contributed by atoms with Crippen LogP contribution in [-0.4, -0.2) is 60.0 Å². The standard InChI is InChI=1S/C19H29N5O/c1-3-22(2)16-11-17(21-14-20-16)23-10-4-8-19(12-23)9-7-18(25)24(13-19)15-5-6-15/h11,14-15H,3-10,12-13H2,1-2H3. The molecule has 0 aromatic carbocycles. The summed E-state index contributed by atoms with van der Waals surface area (Å²) < 4.78 is 0. The molecule has 1 aromatic heterocycles. The number of hydrogen-bond donors (Lipinski definition) is 0. The largest absolute Gasteiger partial charge is 0.360 e. The van der Waals surface area contributed by atoms with Crippen LogP contribution in [0.25, 0.3) is 0 Å². The number of nitrogens with zero attached hydrogens (tertiary/aromatic N) is 5. The number of piperidine rings is 2. The van der Waals surface area contributed by atoms with E-state index in [1.165, 1.54) is 25.7 Å². The van der Waals surface area contributed by atoms with Gasteiger partial charge in [-0.2, -0.15) is 0 Å². The van der Waals surface area contributed by atoms with E-state index in [1.54, 1.807) is 6.33 Å². The molecule has 1 unspecified atom stereocenters. The molecule has 0 bridgehead atoms. The van der Waals surface area contributed by atoms with Gasteiger partial charge in [-0.25, -0.2) is 9.97 Å². The number of aromatic nitrogens is 2. The van der Waals surface area contributed by atoms with Crippen LogP contribution in [0.1, 0.15) is 45.4 Å². The van der Waals surface area contributed by atoms with Crippen LogP contribution in [0.2, 0.25) is 0 Å². The molecule has 1 spiro atoms. The van der Waals surface area contributed by atoms with Gasteiger partial charge in [0.25, 0.3) is 0 Å². The lowest BCUT2D eigenvalue weighted by Crippen LogP contribution is -2.54. The summed E-state index contributed by atoms with van der Waals surface area (Å²) in [6, 6.07) is 2.64. The maximum absolute atomic E-state index is 12.3. The van der Waals surface area contributed by atoms with Crippen molar-refractivity contribution in [3.8, 4) is 0 Å². The number of carbonyl (C=O) groups excluding carboxylic acids is 1. The summed E-state index contributed by atoms with van der Waals surface area (Å²) in [6.07, 6.45) is 8.23. The van der Waals surface area contributed by atoms with Gasteiger partial charge in [0.1, 0.15) is 18.0 Å². The highest BCUT2D eigenvalue weighted by Crippen LogP contribution is 2.43. The highest BCUT2D eigenvalue weighted by molar-refractivity contribution is 5.78. The molecule has 25 heavy (non-hydrogen) atoms. The van der Waals surface area contributed by atoms with Gasteiger partial charge in [0, 0.05) is 57.2 Å². The van der Waals surface area contributed by atoms with Crippen molar-refractivity contribution in [2.75, 3.05) is 43.0 Å². The molecule has 3 fully saturated rings. The monoisotopic (exact) mass is 343 g/mol. The molecule has 1 amide bonds. The van der Waals surface area contributed by atoms with Gasteiger partial charge in [-0.1, -0.05) is 0 Å². The number of carbonyl (C=O) groups is 1. The third-order valence-corrected chi connectivity index (χ3v) is 6.17. The van der Waals surface area contributed by atoms with E-state index in [2.05, 4.69) is 44.7 Å². The summed E-state index contributed by atoms with van der Waals surface area (Å²) in [6.45, 7) is 6.06. The van der Waals surface area contributed by atoms with E-state index in [4.69, 9.17) is 0 Å². The molecule has 6 heteroatoms. The minimum absolute atomic E-state index is 0.247. The molecule has 0 radical (unpaired) electrons. The number of anilines is 2. The Morgan fingerprint density at radius 1 is 1.28 bits per heavy atom. The smallest absolute Gasteiger partial charge is 0.222 e. The second-order valence-corrected chi connectivity index (χ2v) is 8.03. The average Bonchev–Trinajstić information content (AvgIpc) is 3.49. The maximum Gasteiger partial charge on any atom is 0.222 e. The number of amides is 1. The molecule has 3 heterocycles. The van der Waals surface area contributed by atoms with Crippen LogP contribution in [0.15, 0.2) is 12.4 Å². The first-order chi connectivity index (χ1) is 12.1.